The predicted molar refractivity (Wildman–Crippen MR) is 76.0 cm³/mol. The standard InChI is InChI=1S/C14H22N2OS/c1-3-10-9-16(8-7-12(10)15)14(17)13-6-5-11(4-2)18-13/h5-6,10,12H,3-4,7-9,15H2,1-2H3. The third-order valence-corrected chi connectivity index (χ3v) is 5.04. The Morgan fingerprint density at radius 1 is 1.50 bits per heavy atom. The SMILES string of the molecule is CCc1ccc(C(=O)N2CCC(N)C(CC)C2)s1. The van der Waals surface area contributed by atoms with Gasteiger partial charge in [-0.15, -0.1) is 11.3 Å². The molecule has 1 aromatic rings. The Balaban J connectivity index is 2.05. The largest absolute Gasteiger partial charge is 0.338 e. The summed E-state index contributed by atoms with van der Waals surface area (Å²) in [5.74, 6) is 0.637. The maximum absolute atomic E-state index is 12.4. The molecule has 1 aliphatic heterocycles. The van der Waals surface area contributed by atoms with Crippen molar-refractivity contribution in [1.82, 2.24) is 4.90 Å². The zero-order valence-electron chi connectivity index (χ0n) is 11.2. The van der Waals surface area contributed by atoms with Gasteiger partial charge >= 0.3 is 0 Å². The highest BCUT2D eigenvalue weighted by molar-refractivity contribution is 7.14. The lowest BCUT2D eigenvalue weighted by molar-refractivity contribution is 0.0654. The zero-order valence-corrected chi connectivity index (χ0v) is 12.0. The van der Waals surface area contributed by atoms with Crippen LogP contribution in [0, 0.1) is 5.92 Å². The van der Waals surface area contributed by atoms with Gasteiger partial charge in [-0.25, -0.2) is 0 Å². The molecule has 0 radical (unpaired) electrons. The summed E-state index contributed by atoms with van der Waals surface area (Å²) >= 11 is 1.62. The first-order chi connectivity index (χ1) is 8.65. The number of thiophene rings is 1. The molecule has 3 nitrogen and oxygen atoms in total. The first kappa shape index (κ1) is 13.6. The number of carbonyl (C=O) groups excluding carboxylic acids is 1. The van der Waals surface area contributed by atoms with Crippen molar-refractivity contribution < 1.29 is 4.79 Å². The smallest absolute Gasteiger partial charge is 0.263 e. The van der Waals surface area contributed by atoms with Gasteiger partial charge in [0.2, 0.25) is 0 Å². The van der Waals surface area contributed by atoms with Gasteiger partial charge in [0.15, 0.2) is 0 Å². The quantitative estimate of drug-likeness (QED) is 0.913. The first-order valence-corrected chi connectivity index (χ1v) is 7.60. The number of nitrogens with zero attached hydrogens (tertiary/aromatic N) is 1. The van der Waals surface area contributed by atoms with E-state index in [1.807, 2.05) is 11.0 Å². The maximum atomic E-state index is 12.4. The van der Waals surface area contributed by atoms with Crippen LogP contribution >= 0.6 is 11.3 Å². The lowest BCUT2D eigenvalue weighted by Crippen LogP contribution is -2.48. The van der Waals surface area contributed by atoms with E-state index in [9.17, 15) is 4.79 Å². The van der Waals surface area contributed by atoms with Crippen molar-refractivity contribution in [3.8, 4) is 0 Å². The molecule has 0 spiro atoms. The summed E-state index contributed by atoms with van der Waals surface area (Å²) in [4.78, 5) is 16.5. The molecule has 0 aromatic carbocycles. The van der Waals surface area contributed by atoms with Gasteiger partial charge in [-0.3, -0.25) is 4.79 Å². The van der Waals surface area contributed by atoms with E-state index < -0.39 is 0 Å². The van der Waals surface area contributed by atoms with Crippen molar-refractivity contribution in [2.45, 2.75) is 39.2 Å². The van der Waals surface area contributed by atoms with Crippen LogP contribution in [-0.2, 0) is 6.42 Å². The van der Waals surface area contributed by atoms with E-state index in [0.717, 1.165) is 37.2 Å². The zero-order chi connectivity index (χ0) is 13.1. The fourth-order valence-corrected chi connectivity index (χ4v) is 3.42. The Morgan fingerprint density at radius 2 is 2.28 bits per heavy atom. The molecule has 0 saturated carbocycles. The number of aryl methyl sites for hydroxylation is 1. The van der Waals surface area contributed by atoms with Crippen molar-refractivity contribution in [3.63, 3.8) is 0 Å². The molecule has 100 valence electrons. The Hall–Kier alpha value is -0.870. The number of hydrogen-bond acceptors (Lipinski definition) is 3. The van der Waals surface area contributed by atoms with Gasteiger partial charge in [0.25, 0.3) is 5.91 Å². The number of rotatable bonds is 3. The summed E-state index contributed by atoms with van der Waals surface area (Å²) in [6.45, 7) is 5.89. The summed E-state index contributed by atoms with van der Waals surface area (Å²) in [5, 5.41) is 0. The second-order valence-electron chi connectivity index (χ2n) is 4.99. The Kier molecular flexibility index (Phi) is 4.40. The van der Waals surface area contributed by atoms with Gasteiger partial charge in [-0.1, -0.05) is 20.3 Å². The highest BCUT2D eigenvalue weighted by Gasteiger charge is 2.29. The van der Waals surface area contributed by atoms with Gasteiger partial charge in [0, 0.05) is 24.0 Å². The number of amides is 1. The number of carbonyl (C=O) groups is 1. The molecule has 2 atom stereocenters. The lowest BCUT2D eigenvalue weighted by atomic mass is 9.90. The van der Waals surface area contributed by atoms with E-state index in [1.54, 1.807) is 11.3 Å². The van der Waals surface area contributed by atoms with Crippen LogP contribution in [0.25, 0.3) is 0 Å². The third-order valence-electron chi connectivity index (χ3n) is 3.83. The maximum Gasteiger partial charge on any atom is 0.263 e. The molecule has 2 N–H and O–H groups in total. The fraction of sp³-hybridized carbons (Fsp3) is 0.643. The van der Waals surface area contributed by atoms with Crippen molar-refractivity contribution in [2.75, 3.05) is 13.1 Å². The van der Waals surface area contributed by atoms with Crippen LogP contribution in [-0.4, -0.2) is 29.9 Å². The third kappa shape index (κ3) is 2.75. The molecule has 1 amide bonds. The molecular formula is C14H22N2OS. The second kappa shape index (κ2) is 5.85. The highest BCUT2D eigenvalue weighted by atomic mass is 32.1. The van der Waals surface area contributed by atoms with Crippen molar-refractivity contribution in [3.05, 3.63) is 21.9 Å². The minimum Gasteiger partial charge on any atom is -0.338 e. The van der Waals surface area contributed by atoms with Gasteiger partial charge in [0.05, 0.1) is 4.88 Å². The molecule has 1 aliphatic rings. The monoisotopic (exact) mass is 266 g/mol. The number of piperidine rings is 1. The molecule has 1 fully saturated rings. The van der Waals surface area contributed by atoms with Crippen LogP contribution in [0.15, 0.2) is 12.1 Å². The van der Waals surface area contributed by atoms with E-state index in [1.165, 1.54) is 4.88 Å². The van der Waals surface area contributed by atoms with Crippen LogP contribution in [0.2, 0.25) is 0 Å². The number of nitrogens with two attached hydrogens (primary N) is 1. The topological polar surface area (TPSA) is 46.3 Å². The fourth-order valence-electron chi connectivity index (χ4n) is 2.51. The molecule has 2 rings (SSSR count). The lowest BCUT2D eigenvalue weighted by Gasteiger charge is -2.36. The molecule has 0 bridgehead atoms. The molecule has 18 heavy (non-hydrogen) atoms. The Morgan fingerprint density at radius 3 is 2.89 bits per heavy atom. The minimum atomic E-state index is 0.185. The van der Waals surface area contributed by atoms with Gasteiger partial charge in [0.1, 0.15) is 0 Å². The summed E-state index contributed by atoms with van der Waals surface area (Å²) in [6.07, 6.45) is 2.98. The average molecular weight is 266 g/mol. The van der Waals surface area contributed by atoms with Crippen LogP contribution in [0.1, 0.15) is 41.2 Å². The van der Waals surface area contributed by atoms with Gasteiger partial charge in [-0.05, 0) is 30.9 Å². The van der Waals surface area contributed by atoms with Crippen molar-refractivity contribution in [2.24, 2.45) is 11.7 Å². The molecule has 4 heteroatoms. The average Bonchev–Trinajstić information content (AvgIpc) is 2.87. The molecule has 1 saturated heterocycles. The Bertz CT molecular complexity index is 416. The molecule has 2 unspecified atom stereocenters. The normalized spacial score (nSPS) is 24.3. The molecular weight excluding hydrogens is 244 g/mol. The molecule has 2 heterocycles. The van der Waals surface area contributed by atoms with E-state index in [4.69, 9.17) is 5.73 Å². The van der Waals surface area contributed by atoms with Crippen LogP contribution in [0.5, 0.6) is 0 Å². The summed E-state index contributed by atoms with van der Waals surface area (Å²) in [5.41, 5.74) is 6.08. The predicted octanol–water partition coefficient (Wildman–Crippen LogP) is 2.51. The first-order valence-electron chi connectivity index (χ1n) is 6.79. The second-order valence-corrected chi connectivity index (χ2v) is 6.16. The molecule has 0 aliphatic carbocycles. The van der Waals surface area contributed by atoms with Crippen LogP contribution in [0.4, 0.5) is 0 Å². The van der Waals surface area contributed by atoms with Crippen molar-refractivity contribution >= 4 is 17.2 Å². The molecule has 1 aromatic heterocycles. The number of hydrogen-bond donors (Lipinski definition) is 1. The Labute approximate surface area is 113 Å². The van der Waals surface area contributed by atoms with Crippen LogP contribution in [0.3, 0.4) is 0 Å². The van der Waals surface area contributed by atoms with Crippen molar-refractivity contribution in [1.29, 1.82) is 0 Å². The van der Waals surface area contributed by atoms with Crippen LogP contribution < -0.4 is 5.73 Å². The van der Waals surface area contributed by atoms with E-state index in [0.29, 0.717) is 5.92 Å². The summed E-state index contributed by atoms with van der Waals surface area (Å²) in [7, 11) is 0. The minimum absolute atomic E-state index is 0.185. The highest BCUT2D eigenvalue weighted by Crippen LogP contribution is 2.23. The van der Waals surface area contributed by atoms with E-state index in [-0.39, 0.29) is 11.9 Å². The summed E-state index contributed by atoms with van der Waals surface area (Å²) in [6, 6.07) is 4.28. The van der Waals surface area contributed by atoms with E-state index >= 15 is 0 Å². The van der Waals surface area contributed by atoms with Gasteiger partial charge < -0.3 is 10.6 Å². The van der Waals surface area contributed by atoms with Gasteiger partial charge in [-0.2, -0.15) is 0 Å². The van der Waals surface area contributed by atoms with E-state index in [2.05, 4.69) is 19.9 Å². The summed E-state index contributed by atoms with van der Waals surface area (Å²) < 4.78 is 0. The number of likely N-dealkylation sites (tertiary alicyclic amines) is 1.